The Kier molecular flexibility index (Phi) is 5.43. The first-order valence-electron chi connectivity index (χ1n) is 8.55. The van der Waals surface area contributed by atoms with Crippen molar-refractivity contribution in [1.29, 1.82) is 0 Å². The Morgan fingerprint density at radius 2 is 1.92 bits per heavy atom. The van der Waals surface area contributed by atoms with Crippen LogP contribution in [0.5, 0.6) is 0 Å². The SMILES string of the molecule is CCc1nccn1CCN1CCN(C(=O)c2ccc(F)cc2F)CC1. The van der Waals surface area contributed by atoms with E-state index >= 15 is 0 Å². The van der Waals surface area contributed by atoms with Gasteiger partial charge in [-0.3, -0.25) is 9.69 Å². The number of carbonyl (C=O) groups is 1. The summed E-state index contributed by atoms with van der Waals surface area (Å²) in [5.41, 5.74) is -0.0687. The molecule has 1 aliphatic heterocycles. The number of halogens is 2. The van der Waals surface area contributed by atoms with Crippen molar-refractivity contribution in [2.75, 3.05) is 32.7 Å². The molecule has 0 unspecified atom stereocenters. The average molecular weight is 348 g/mol. The fraction of sp³-hybridized carbons (Fsp3) is 0.444. The second-order valence-corrected chi connectivity index (χ2v) is 6.15. The first kappa shape index (κ1) is 17.5. The van der Waals surface area contributed by atoms with Crippen molar-refractivity contribution in [3.8, 4) is 0 Å². The van der Waals surface area contributed by atoms with Gasteiger partial charge in [0.25, 0.3) is 5.91 Å². The van der Waals surface area contributed by atoms with Crippen molar-refractivity contribution < 1.29 is 13.6 Å². The van der Waals surface area contributed by atoms with Crippen LogP contribution in [0.2, 0.25) is 0 Å². The number of hydrogen-bond acceptors (Lipinski definition) is 3. The highest BCUT2D eigenvalue weighted by Crippen LogP contribution is 2.14. The number of benzene rings is 1. The molecule has 134 valence electrons. The van der Waals surface area contributed by atoms with Crippen molar-refractivity contribution in [3.63, 3.8) is 0 Å². The van der Waals surface area contributed by atoms with E-state index in [4.69, 9.17) is 0 Å². The molecular weight excluding hydrogens is 326 g/mol. The molecule has 2 aromatic rings. The molecule has 0 radical (unpaired) electrons. The van der Waals surface area contributed by atoms with Gasteiger partial charge in [0.1, 0.15) is 17.5 Å². The van der Waals surface area contributed by atoms with Crippen LogP contribution in [0.15, 0.2) is 30.6 Å². The van der Waals surface area contributed by atoms with E-state index in [1.54, 1.807) is 4.90 Å². The summed E-state index contributed by atoms with van der Waals surface area (Å²) in [6.07, 6.45) is 4.70. The van der Waals surface area contributed by atoms with Gasteiger partial charge in [0.05, 0.1) is 5.56 Å². The molecule has 0 atom stereocenters. The van der Waals surface area contributed by atoms with E-state index in [0.717, 1.165) is 50.6 Å². The molecule has 7 heteroatoms. The number of amides is 1. The van der Waals surface area contributed by atoms with Crippen molar-refractivity contribution in [3.05, 3.63) is 53.6 Å². The number of aryl methyl sites for hydroxylation is 1. The monoisotopic (exact) mass is 348 g/mol. The molecule has 0 bridgehead atoms. The number of nitrogens with zero attached hydrogens (tertiary/aromatic N) is 4. The summed E-state index contributed by atoms with van der Waals surface area (Å²) in [7, 11) is 0. The Morgan fingerprint density at radius 3 is 2.60 bits per heavy atom. The van der Waals surface area contributed by atoms with Crippen LogP contribution in [-0.2, 0) is 13.0 Å². The van der Waals surface area contributed by atoms with Gasteiger partial charge in [-0.15, -0.1) is 0 Å². The number of piperazine rings is 1. The Morgan fingerprint density at radius 1 is 1.16 bits per heavy atom. The van der Waals surface area contributed by atoms with E-state index in [2.05, 4.69) is 21.4 Å². The lowest BCUT2D eigenvalue weighted by molar-refractivity contribution is 0.0628. The number of hydrogen-bond donors (Lipinski definition) is 0. The molecule has 0 saturated carbocycles. The summed E-state index contributed by atoms with van der Waals surface area (Å²) >= 11 is 0. The summed E-state index contributed by atoms with van der Waals surface area (Å²) in [6.45, 7) is 6.40. The number of carbonyl (C=O) groups excluding carboxylic acids is 1. The van der Waals surface area contributed by atoms with Gasteiger partial charge >= 0.3 is 0 Å². The maximum absolute atomic E-state index is 13.8. The van der Waals surface area contributed by atoms with E-state index in [9.17, 15) is 13.6 Å². The Labute approximate surface area is 145 Å². The average Bonchev–Trinajstić information content (AvgIpc) is 3.07. The van der Waals surface area contributed by atoms with Gasteiger partial charge in [0, 0.05) is 64.1 Å². The topological polar surface area (TPSA) is 41.4 Å². The van der Waals surface area contributed by atoms with Crippen molar-refractivity contribution in [2.24, 2.45) is 0 Å². The van der Waals surface area contributed by atoms with Gasteiger partial charge in [-0.05, 0) is 12.1 Å². The van der Waals surface area contributed by atoms with Crippen LogP contribution < -0.4 is 0 Å². The maximum atomic E-state index is 13.8. The molecule has 2 heterocycles. The second-order valence-electron chi connectivity index (χ2n) is 6.15. The zero-order valence-electron chi connectivity index (χ0n) is 14.3. The molecule has 1 aromatic heterocycles. The molecule has 1 aromatic carbocycles. The van der Waals surface area contributed by atoms with Gasteiger partial charge in [-0.2, -0.15) is 0 Å². The van der Waals surface area contributed by atoms with Gasteiger partial charge in [-0.1, -0.05) is 6.92 Å². The molecular formula is C18H22F2N4O. The van der Waals surface area contributed by atoms with Crippen LogP contribution in [0.1, 0.15) is 23.1 Å². The van der Waals surface area contributed by atoms with Gasteiger partial charge in [-0.25, -0.2) is 13.8 Å². The molecule has 1 amide bonds. The highest BCUT2D eigenvalue weighted by molar-refractivity contribution is 5.94. The number of aromatic nitrogens is 2. The van der Waals surface area contributed by atoms with Crippen LogP contribution in [0.4, 0.5) is 8.78 Å². The molecule has 1 saturated heterocycles. The maximum Gasteiger partial charge on any atom is 0.256 e. The highest BCUT2D eigenvalue weighted by atomic mass is 19.1. The first-order valence-corrected chi connectivity index (χ1v) is 8.55. The summed E-state index contributed by atoms with van der Waals surface area (Å²) in [5, 5.41) is 0. The van der Waals surface area contributed by atoms with Gasteiger partial charge < -0.3 is 9.47 Å². The van der Waals surface area contributed by atoms with Gasteiger partial charge in [0.2, 0.25) is 0 Å². The van der Waals surface area contributed by atoms with E-state index in [1.807, 2.05) is 12.4 Å². The standard InChI is InChI=1S/C18H22F2N4O/c1-2-17-21-5-6-23(17)10-7-22-8-11-24(12-9-22)18(25)15-4-3-14(19)13-16(15)20/h3-6,13H,2,7-12H2,1H3. The minimum Gasteiger partial charge on any atom is -0.336 e. The Bertz CT molecular complexity index is 738. The zero-order chi connectivity index (χ0) is 17.8. The third-order valence-corrected chi connectivity index (χ3v) is 4.60. The normalized spacial score (nSPS) is 15.6. The molecule has 3 rings (SSSR count). The third-order valence-electron chi connectivity index (χ3n) is 4.60. The minimum atomic E-state index is -0.806. The summed E-state index contributed by atoms with van der Waals surface area (Å²) in [5.74, 6) is -0.787. The number of rotatable bonds is 5. The summed E-state index contributed by atoms with van der Waals surface area (Å²) < 4.78 is 28.9. The molecule has 0 aliphatic carbocycles. The van der Waals surface area contributed by atoms with Crippen molar-refractivity contribution in [1.82, 2.24) is 19.4 Å². The second kappa shape index (κ2) is 7.74. The predicted molar refractivity (Wildman–Crippen MR) is 90.3 cm³/mol. The predicted octanol–water partition coefficient (Wildman–Crippen LogP) is 2.18. The third kappa shape index (κ3) is 4.04. The van der Waals surface area contributed by atoms with Crippen LogP contribution in [-0.4, -0.2) is 58.0 Å². The lowest BCUT2D eigenvalue weighted by atomic mass is 10.1. The molecule has 1 fully saturated rings. The Hall–Kier alpha value is -2.28. The van der Waals surface area contributed by atoms with E-state index < -0.39 is 11.6 Å². The largest absolute Gasteiger partial charge is 0.336 e. The van der Waals surface area contributed by atoms with Crippen LogP contribution in [0, 0.1) is 11.6 Å². The van der Waals surface area contributed by atoms with Crippen LogP contribution >= 0.6 is 0 Å². The van der Waals surface area contributed by atoms with E-state index in [1.165, 1.54) is 6.07 Å². The first-order chi connectivity index (χ1) is 12.1. The molecule has 0 spiro atoms. The summed E-state index contributed by atoms with van der Waals surface area (Å²) in [4.78, 5) is 20.6. The van der Waals surface area contributed by atoms with Crippen LogP contribution in [0.25, 0.3) is 0 Å². The number of imidazole rings is 1. The van der Waals surface area contributed by atoms with Gasteiger partial charge in [0.15, 0.2) is 0 Å². The highest BCUT2D eigenvalue weighted by Gasteiger charge is 2.24. The fourth-order valence-electron chi connectivity index (χ4n) is 3.11. The smallest absolute Gasteiger partial charge is 0.256 e. The quantitative estimate of drug-likeness (QED) is 0.832. The lowest BCUT2D eigenvalue weighted by Gasteiger charge is -2.35. The molecule has 0 N–H and O–H groups in total. The van der Waals surface area contributed by atoms with Crippen molar-refractivity contribution in [2.45, 2.75) is 19.9 Å². The van der Waals surface area contributed by atoms with Crippen LogP contribution in [0.3, 0.4) is 0 Å². The minimum absolute atomic E-state index is 0.0687. The van der Waals surface area contributed by atoms with E-state index in [-0.39, 0.29) is 11.5 Å². The molecule has 5 nitrogen and oxygen atoms in total. The summed E-state index contributed by atoms with van der Waals surface area (Å²) in [6, 6.07) is 3.08. The van der Waals surface area contributed by atoms with Crippen molar-refractivity contribution >= 4 is 5.91 Å². The lowest BCUT2D eigenvalue weighted by Crippen LogP contribution is -2.49. The van der Waals surface area contributed by atoms with E-state index in [0.29, 0.717) is 13.1 Å². The molecule has 25 heavy (non-hydrogen) atoms. The molecule has 1 aliphatic rings. The Balaban J connectivity index is 1.52. The fourth-order valence-corrected chi connectivity index (χ4v) is 3.11. The zero-order valence-corrected chi connectivity index (χ0v) is 14.3.